The molecule has 0 atom stereocenters. The van der Waals surface area contributed by atoms with Crippen molar-refractivity contribution in [3.05, 3.63) is 47.8 Å². The molecule has 0 aliphatic rings. The molecule has 102 valence electrons. The van der Waals surface area contributed by atoms with E-state index in [1.165, 1.54) is 17.1 Å². The molecule has 0 fully saturated rings. The fourth-order valence-corrected chi connectivity index (χ4v) is 1.53. The van der Waals surface area contributed by atoms with Crippen LogP contribution in [0, 0.1) is 0 Å². The predicted octanol–water partition coefficient (Wildman–Crippen LogP) is 1.17. The highest BCUT2D eigenvalue weighted by Crippen LogP contribution is 2.09. The minimum Gasteiger partial charge on any atom is -0.478 e. The van der Waals surface area contributed by atoms with E-state index in [0.717, 1.165) is 6.08 Å². The number of nitrogens with zero attached hydrogens (tertiary/aromatic N) is 3. The first-order valence-corrected chi connectivity index (χ1v) is 5.72. The summed E-state index contributed by atoms with van der Waals surface area (Å²) < 4.78 is 1.44. The van der Waals surface area contributed by atoms with Gasteiger partial charge in [0.05, 0.1) is 0 Å². The summed E-state index contributed by atoms with van der Waals surface area (Å²) >= 11 is 0. The highest BCUT2D eigenvalue weighted by molar-refractivity contribution is 6.03. The predicted molar refractivity (Wildman–Crippen MR) is 72.1 cm³/mol. The van der Waals surface area contributed by atoms with Crippen LogP contribution in [0.1, 0.15) is 15.9 Å². The molecule has 2 N–H and O–H groups in total. The van der Waals surface area contributed by atoms with Crippen molar-refractivity contribution in [3.63, 3.8) is 0 Å². The molecule has 2 rings (SSSR count). The minimum absolute atomic E-state index is 0.335. The monoisotopic (exact) mass is 272 g/mol. The lowest BCUT2D eigenvalue weighted by molar-refractivity contribution is -0.131. The minimum atomic E-state index is -1.04. The summed E-state index contributed by atoms with van der Waals surface area (Å²) in [6.07, 6.45) is 3.77. The summed E-state index contributed by atoms with van der Waals surface area (Å²) in [6, 6.07) is 6.60. The van der Waals surface area contributed by atoms with Crippen LogP contribution in [0.5, 0.6) is 0 Å². The Bertz CT molecular complexity index is 676. The maximum atomic E-state index is 12.0. The average molecular weight is 272 g/mol. The third-order valence-corrected chi connectivity index (χ3v) is 2.50. The maximum absolute atomic E-state index is 12.0. The Labute approximate surface area is 114 Å². The molecule has 0 spiro atoms. The SMILES string of the molecule is Cn1ncnc1NC(=O)c1cccc(/C=C/C(=O)O)c1. The molecule has 1 aromatic heterocycles. The summed E-state index contributed by atoms with van der Waals surface area (Å²) in [6.45, 7) is 0. The van der Waals surface area contributed by atoms with Gasteiger partial charge in [0.2, 0.25) is 5.95 Å². The van der Waals surface area contributed by atoms with E-state index in [4.69, 9.17) is 5.11 Å². The lowest BCUT2D eigenvalue weighted by Gasteiger charge is -2.04. The number of hydrogen-bond acceptors (Lipinski definition) is 4. The van der Waals surface area contributed by atoms with Gasteiger partial charge in [0, 0.05) is 18.7 Å². The smallest absolute Gasteiger partial charge is 0.328 e. The number of amides is 1. The topological polar surface area (TPSA) is 97.1 Å². The van der Waals surface area contributed by atoms with Crippen LogP contribution in [0.25, 0.3) is 6.08 Å². The Morgan fingerprint density at radius 1 is 1.40 bits per heavy atom. The van der Waals surface area contributed by atoms with Gasteiger partial charge in [0.15, 0.2) is 0 Å². The zero-order chi connectivity index (χ0) is 14.5. The highest BCUT2D eigenvalue weighted by Gasteiger charge is 2.09. The highest BCUT2D eigenvalue weighted by atomic mass is 16.4. The summed E-state index contributed by atoms with van der Waals surface area (Å²) in [5.74, 6) is -1.05. The van der Waals surface area contributed by atoms with Crippen LogP contribution in [0.3, 0.4) is 0 Å². The summed E-state index contributed by atoms with van der Waals surface area (Å²) in [7, 11) is 1.66. The molecule has 0 saturated heterocycles. The van der Waals surface area contributed by atoms with Crippen LogP contribution in [0.2, 0.25) is 0 Å². The first-order chi connectivity index (χ1) is 9.56. The number of carboxylic acid groups (broad SMARTS) is 1. The van der Waals surface area contributed by atoms with Gasteiger partial charge in [-0.3, -0.25) is 10.1 Å². The summed E-state index contributed by atoms with van der Waals surface area (Å²) in [4.78, 5) is 26.4. The van der Waals surface area contributed by atoms with Crippen molar-refractivity contribution < 1.29 is 14.7 Å². The van der Waals surface area contributed by atoms with E-state index in [1.807, 2.05) is 0 Å². The second-order valence-corrected chi connectivity index (χ2v) is 3.96. The van der Waals surface area contributed by atoms with Gasteiger partial charge in [-0.2, -0.15) is 10.1 Å². The average Bonchev–Trinajstić information content (AvgIpc) is 2.82. The first-order valence-electron chi connectivity index (χ1n) is 5.72. The fourth-order valence-electron chi connectivity index (χ4n) is 1.53. The van der Waals surface area contributed by atoms with Crippen molar-refractivity contribution in [2.24, 2.45) is 7.05 Å². The number of nitrogens with one attached hydrogen (secondary N) is 1. The maximum Gasteiger partial charge on any atom is 0.328 e. The molecule has 1 amide bonds. The van der Waals surface area contributed by atoms with Crippen LogP contribution in [-0.4, -0.2) is 31.7 Å². The number of anilines is 1. The number of carboxylic acids is 1. The number of carbonyl (C=O) groups is 2. The van der Waals surface area contributed by atoms with Crippen molar-refractivity contribution in [1.82, 2.24) is 14.8 Å². The summed E-state index contributed by atoms with van der Waals surface area (Å²) in [5, 5.41) is 15.0. The Kier molecular flexibility index (Phi) is 3.90. The van der Waals surface area contributed by atoms with Gasteiger partial charge in [-0.05, 0) is 23.8 Å². The van der Waals surface area contributed by atoms with Gasteiger partial charge in [0.1, 0.15) is 6.33 Å². The van der Waals surface area contributed by atoms with Gasteiger partial charge in [-0.1, -0.05) is 12.1 Å². The fraction of sp³-hybridized carbons (Fsp3) is 0.0769. The molecule has 0 aliphatic carbocycles. The van der Waals surface area contributed by atoms with Crippen molar-refractivity contribution in [2.45, 2.75) is 0 Å². The van der Waals surface area contributed by atoms with E-state index in [0.29, 0.717) is 17.1 Å². The van der Waals surface area contributed by atoms with Gasteiger partial charge in [-0.25, -0.2) is 9.48 Å². The van der Waals surface area contributed by atoms with E-state index in [9.17, 15) is 9.59 Å². The van der Waals surface area contributed by atoms with E-state index < -0.39 is 5.97 Å². The zero-order valence-corrected chi connectivity index (χ0v) is 10.6. The molecule has 0 saturated carbocycles. The van der Waals surface area contributed by atoms with Crippen LogP contribution in [0.4, 0.5) is 5.95 Å². The second kappa shape index (κ2) is 5.79. The number of benzene rings is 1. The van der Waals surface area contributed by atoms with Crippen LogP contribution < -0.4 is 5.32 Å². The van der Waals surface area contributed by atoms with E-state index in [2.05, 4.69) is 15.4 Å². The number of aliphatic carboxylic acids is 1. The van der Waals surface area contributed by atoms with Crippen molar-refractivity contribution >= 4 is 23.9 Å². The van der Waals surface area contributed by atoms with Gasteiger partial charge in [-0.15, -0.1) is 0 Å². The van der Waals surface area contributed by atoms with Crippen molar-refractivity contribution in [1.29, 1.82) is 0 Å². The van der Waals surface area contributed by atoms with Gasteiger partial charge in [0.25, 0.3) is 5.91 Å². The Morgan fingerprint density at radius 3 is 2.85 bits per heavy atom. The first kappa shape index (κ1) is 13.5. The molecule has 7 nitrogen and oxygen atoms in total. The third-order valence-electron chi connectivity index (χ3n) is 2.50. The number of aryl methyl sites for hydroxylation is 1. The Morgan fingerprint density at radius 2 is 2.20 bits per heavy atom. The van der Waals surface area contributed by atoms with Crippen molar-refractivity contribution in [2.75, 3.05) is 5.32 Å². The molecule has 0 unspecified atom stereocenters. The lowest BCUT2D eigenvalue weighted by Crippen LogP contribution is -2.15. The largest absolute Gasteiger partial charge is 0.478 e. The molecule has 7 heteroatoms. The molecule has 20 heavy (non-hydrogen) atoms. The van der Waals surface area contributed by atoms with Crippen LogP contribution >= 0.6 is 0 Å². The standard InChI is InChI=1S/C13H12N4O3/c1-17-13(14-8-15-17)16-12(20)10-4-2-3-9(7-10)5-6-11(18)19/h2-8H,1H3,(H,18,19)(H,14,15,16,20)/b6-5+. The normalized spacial score (nSPS) is 10.7. The van der Waals surface area contributed by atoms with Gasteiger partial charge < -0.3 is 5.11 Å². The molecule has 0 radical (unpaired) electrons. The molecule has 0 aliphatic heterocycles. The third kappa shape index (κ3) is 3.29. The number of aromatic nitrogens is 3. The number of hydrogen-bond donors (Lipinski definition) is 2. The van der Waals surface area contributed by atoms with Crippen LogP contribution in [0.15, 0.2) is 36.7 Å². The quantitative estimate of drug-likeness (QED) is 0.814. The van der Waals surface area contributed by atoms with E-state index in [-0.39, 0.29) is 5.91 Å². The Balaban J connectivity index is 2.16. The molecule has 2 aromatic rings. The summed E-state index contributed by atoms with van der Waals surface area (Å²) in [5.41, 5.74) is 1.03. The van der Waals surface area contributed by atoms with E-state index in [1.54, 1.807) is 31.3 Å². The van der Waals surface area contributed by atoms with Gasteiger partial charge >= 0.3 is 5.97 Å². The molecular weight excluding hydrogens is 260 g/mol. The Hall–Kier alpha value is -2.96. The molecular formula is C13H12N4O3. The molecule has 0 bridgehead atoms. The van der Waals surface area contributed by atoms with E-state index >= 15 is 0 Å². The van der Waals surface area contributed by atoms with Crippen molar-refractivity contribution in [3.8, 4) is 0 Å². The number of carbonyl (C=O) groups excluding carboxylic acids is 1. The number of rotatable bonds is 4. The lowest BCUT2D eigenvalue weighted by atomic mass is 10.1. The van der Waals surface area contributed by atoms with Crippen LogP contribution in [-0.2, 0) is 11.8 Å². The zero-order valence-electron chi connectivity index (χ0n) is 10.6. The molecule has 1 heterocycles. The second-order valence-electron chi connectivity index (χ2n) is 3.96. The molecule has 1 aromatic carbocycles.